The molecule has 0 fully saturated rings. The monoisotopic (exact) mass is 497 g/mol. The molecule has 0 saturated carbocycles. The van der Waals surface area contributed by atoms with E-state index in [2.05, 4.69) is 9.72 Å². The van der Waals surface area contributed by atoms with Crippen LogP contribution in [-0.2, 0) is 17.3 Å². The number of benzene rings is 2. The van der Waals surface area contributed by atoms with Gasteiger partial charge in [0.2, 0.25) is 5.12 Å². The Kier molecular flexibility index (Phi) is 7.60. The first-order chi connectivity index (χ1) is 15.9. The van der Waals surface area contributed by atoms with Crippen LogP contribution in [0.3, 0.4) is 0 Å². The van der Waals surface area contributed by atoms with Gasteiger partial charge in [0.25, 0.3) is 6.43 Å². The van der Waals surface area contributed by atoms with Crippen LogP contribution in [-0.4, -0.2) is 23.2 Å². The molecule has 34 heavy (non-hydrogen) atoms. The third-order valence-electron chi connectivity index (χ3n) is 4.94. The number of hydrogen-bond acceptors (Lipinski definition) is 5. The van der Waals surface area contributed by atoms with Crippen LogP contribution >= 0.6 is 11.8 Å². The van der Waals surface area contributed by atoms with Gasteiger partial charge in [0.1, 0.15) is 5.69 Å². The summed E-state index contributed by atoms with van der Waals surface area (Å²) in [5, 5.41) is 0.573. The van der Waals surface area contributed by atoms with Gasteiger partial charge in [-0.2, -0.15) is 13.2 Å². The van der Waals surface area contributed by atoms with E-state index >= 15 is 0 Å². The molecule has 3 rings (SSSR count). The zero-order chi connectivity index (χ0) is 25.2. The molecule has 10 heteroatoms. The molecule has 0 saturated heterocycles. The van der Waals surface area contributed by atoms with E-state index in [9.17, 15) is 31.5 Å². The van der Waals surface area contributed by atoms with Crippen molar-refractivity contribution in [1.29, 1.82) is 0 Å². The Morgan fingerprint density at radius 1 is 1.03 bits per heavy atom. The fraction of sp³-hybridized carbons (Fsp3) is 0.292. The highest BCUT2D eigenvalue weighted by molar-refractivity contribution is 8.14. The van der Waals surface area contributed by atoms with Crippen LogP contribution in [0.2, 0.25) is 0 Å². The van der Waals surface area contributed by atoms with E-state index in [-0.39, 0.29) is 12.3 Å². The maximum atomic E-state index is 13.9. The maximum absolute atomic E-state index is 13.9. The van der Waals surface area contributed by atoms with Crippen molar-refractivity contribution in [2.45, 2.75) is 37.8 Å². The third kappa shape index (κ3) is 5.38. The summed E-state index contributed by atoms with van der Waals surface area (Å²) in [5.41, 5.74) is -5.27. The molecule has 0 aliphatic rings. The smallest absolute Gasteiger partial charge is 0.434 e. The number of carbonyl (C=O) groups excluding carboxylic acids is 2. The van der Waals surface area contributed by atoms with Crippen molar-refractivity contribution in [2.24, 2.45) is 5.92 Å². The van der Waals surface area contributed by atoms with Gasteiger partial charge in [-0.05, 0) is 52.6 Å². The Bertz CT molecular complexity index is 1240. The average Bonchev–Trinajstić information content (AvgIpc) is 2.76. The molecular weight excluding hydrogens is 477 g/mol. The summed E-state index contributed by atoms with van der Waals surface area (Å²) in [6.45, 7) is 3.25. The number of halogens is 5. The minimum atomic E-state index is -5.21. The van der Waals surface area contributed by atoms with Crippen molar-refractivity contribution in [2.75, 3.05) is 7.11 Å². The number of thioether (sulfide) groups is 1. The molecule has 4 nitrogen and oxygen atoms in total. The van der Waals surface area contributed by atoms with Crippen LogP contribution in [0.15, 0.2) is 47.4 Å². The van der Waals surface area contributed by atoms with Crippen molar-refractivity contribution in [1.82, 2.24) is 4.98 Å². The van der Waals surface area contributed by atoms with Gasteiger partial charge in [0.15, 0.2) is 5.69 Å². The van der Waals surface area contributed by atoms with Crippen molar-refractivity contribution in [3.63, 3.8) is 0 Å². The van der Waals surface area contributed by atoms with Crippen LogP contribution in [0.4, 0.5) is 22.0 Å². The lowest BCUT2D eigenvalue weighted by atomic mass is 9.91. The Morgan fingerprint density at radius 3 is 2.24 bits per heavy atom. The summed E-state index contributed by atoms with van der Waals surface area (Å²) < 4.78 is 73.8. The molecule has 2 aromatic carbocycles. The number of nitrogens with zero attached hydrogens (tertiary/aromatic N) is 1. The lowest BCUT2D eigenvalue weighted by Crippen LogP contribution is -2.24. The second kappa shape index (κ2) is 10.1. The highest BCUT2D eigenvalue weighted by Crippen LogP contribution is 2.40. The molecule has 1 heterocycles. The number of aromatic nitrogens is 1. The number of ether oxygens (including phenoxy) is 1. The fourth-order valence-corrected chi connectivity index (χ4v) is 4.43. The van der Waals surface area contributed by atoms with E-state index in [0.717, 1.165) is 17.9 Å². The first-order valence-electron chi connectivity index (χ1n) is 10.2. The van der Waals surface area contributed by atoms with Crippen molar-refractivity contribution in [3.05, 3.63) is 70.5 Å². The number of alkyl halides is 5. The Morgan fingerprint density at radius 2 is 1.68 bits per heavy atom. The first-order valence-corrected chi connectivity index (χ1v) is 11.0. The summed E-state index contributed by atoms with van der Waals surface area (Å²) in [7, 11) is 0.916. The fourth-order valence-electron chi connectivity index (χ4n) is 3.57. The SMILES string of the molecule is COC(=O)c1c(C(F)F)nc(C(F)(F)F)c(C(=O)Sc2ccc3ccccc3c2)c1CC(C)C. The van der Waals surface area contributed by atoms with E-state index < -0.39 is 51.8 Å². The molecule has 0 radical (unpaired) electrons. The molecule has 1 aromatic heterocycles. The molecule has 0 aliphatic carbocycles. The summed E-state index contributed by atoms with van der Waals surface area (Å²) >= 11 is 0.507. The van der Waals surface area contributed by atoms with Gasteiger partial charge in [0.05, 0.1) is 18.2 Å². The van der Waals surface area contributed by atoms with Crippen LogP contribution in [0.25, 0.3) is 10.8 Å². The normalized spacial score (nSPS) is 11.9. The second-order valence-electron chi connectivity index (χ2n) is 7.86. The van der Waals surface area contributed by atoms with E-state index in [0.29, 0.717) is 16.7 Å². The van der Waals surface area contributed by atoms with Gasteiger partial charge in [-0.3, -0.25) is 4.79 Å². The summed E-state index contributed by atoms with van der Waals surface area (Å²) in [4.78, 5) is 29.1. The van der Waals surface area contributed by atoms with E-state index in [4.69, 9.17) is 0 Å². The van der Waals surface area contributed by atoms with Gasteiger partial charge >= 0.3 is 12.1 Å². The van der Waals surface area contributed by atoms with E-state index in [1.54, 1.807) is 44.2 Å². The van der Waals surface area contributed by atoms with E-state index in [1.165, 1.54) is 0 Å². The number of carbonyl (C=O) groups is 2. The third-order valence-corrected chi connectivity index (χ3v) is 5.82. The molecule has 0 unspecified atom stereocenters. The summed E-state index contributed by atoms with van der Waals surface area (Å²) in [6.07, 6.45) is -8.94. The number of fused-ring (bicyclic) bond motifs is 1. The second-order valence-corrected chi connectivity index (χ2v) is 8.91. The Hall–Kier alpha value is -3.01. The van der Waals surface area contributed by atoms with Crippen molar-refractivity contribution < 1.29 is 36.3 Å². The highest BCUT2D eigenvalue weighted by Gasteiger charge is 2.42. The van der Waals surface area contributed by atoms with Crippen molar-refractivity contribution in [3.8, 4) is 0 Å². The molecule has 0 aliphatic heterocycles. The molecule has 0 spiro atoms. The Labute approximate surface area is 196 Å². The van der Waals surface area contributed by atoms with Gasteiger partial charge < -0.3 is 4.74 Å². The van der Waals surface area contributed by atoms with Crippen LogP contribution in [0.5, 0.6) is 0 Å². The van der Waals surface area contributed by atoms with Crippen molar-refractivity contribution >= 4 is 33.6 Å². The summed E-state index contributed by atoms with van der Waals surface area (Å²) in [5.74, 6) is -1.65. The zero-order valence-electron chi connectivity index (χ0n) is 18.4. The molecule has 0 atom stereocenters. The number of methoxy groups -OCH3 is 1. The molecule has 0 amide bonds. The van der Waals surface area contributed by atoms with Crippen LogP contribution in [0, 0.1) is 5.92 Å². The standard InChI is InChI=1S/C24H20F5NO3S/c1-12(2)10-16-17(22(31)33-3)19(21(25)26)30-20(24(27,28)29)18(16)23(32)34-15-9-8-13-6-4-5-7-14(13)11-15/h4-9,11-12,21H,10H2,1-3H3. The van der Waals surface area contributed by atoms with Gasteiger partial charge in [0, 0.05) is 4.90 Å². The number of rotatable bonds is 6. The molecule has 180 valence electrons. The van der Waals surface area contributed by atoms with Gasteiger partial charge in [-0.25, -0.2) is 18.6 Å². The van der Waals surface area contributed by atoms with Gasteiger partial charge in [-0.1, -0.05) is 44.2 Å². The highest BCUT2D eigenvalue weighted by atomic mass is 32.2. The lowest BCUT2D eigenvalue weighted by Gasteiger charge is -2.21. The quantitative estimate of drug-likeness (QED) is 0.206. The maximum Gasteiger partial charge on any atom is 0.434 e. The molecular formula is C24H20F5NO3S. The largest absolute Gasteiger partial charge is 0.465 e. The minimum Gasteiger partial charge on any atom is -0.465 e. The average molecular weight is 497 g/mol. The molecule has 0 N–H and O–H groups in total. The number of hydrogen-bond donors (Lipinski definition) is 0. The molecule has 3 aromatic rings. The number of pyridine rings is 1. The predicted molar refractivity (Wildman–Crippen MR) is 118 cm³/mol. The predicted octanol–water partition coefficient (Wildman–Crippen LogP) is 7.11. The minimum absolute atomic E-state index is 0.241. The van der Waals surface area contributed by atoms with Gasteiger partial charge in [-0.15, -0.1) is 0 Å². The van der Waals surface area contributed by atoms with Crippen LogP contribution in [0.1, 0.15) is 57.9 Å². The zero-order valence-corrected chi connectivity index (χ0v) is 19.2. The topological polar surface area (TPSA) is 56.3 Å². The van der Waals surface area contributed by atoms with E-state index in [1.807, 2.05) is 12.1 Å². The Balaban J connectivity index is 2.26. The summed E-state index contributed by atoms with van der Waals surface area (Å²) in [6, 6.07) is 12.1. The molecule has 0 bridgehead atoms. The van der Waals surface area contributed by atoms with Crippen LogP contribution < -0.4 is 0 Å². The first kappa shape index (κ1) is 25.6. The number of esters is 1. The lowest BCUT2D eigenvalue weighted by molar-refractivity contribution is -0.141.